The van der Waals surface area contributed by atoms with Crippen molar-refractivity contribution in [2.24, 2.45) is 11.8 Å². The van der Waals surface area contributed by atoms with Gasteiger partial charge in [0.1, 0.15) is 6.10 Å². The molecule has 0 radical (unpaired) electrons. The molecule has 1 aliphatic heterocycles. The quantitative estimate of drug-likeness (QED) is 0.549. The summed E-state index contributed by atoms with van der Waals surface area (Å²) in [5.74, 6) is 1.14. The van der Waals surface area contributed by atoms with Crippen LogP contribution in [0.4, 0.5) is 0 Å². The normalized spacial score (nSPS) is 32.2. The van der Waals surface area contributed by atoms with E-state index >= 15 is 0 Å². The second-order valence-electron chi connectivity index (χ2n) is 4.88. The van der Waals surface area contributed by atoms with E-state index in [4.69, 9.17) is 4.74 Å². The molecule has 92 valence electrons. The third-order valence-electron chi connectivity index (χ3n) is 3.75. The van der Waals surface area contributed by atoms with Crippen molar-refractivity contribution in [3.8, 4) is 0 Å². The number of rotatable bonds is 3. The Kier molecular flexibility index (Phi) is 3.98. The molecule has 1 saturated carbocycles. The Morgan fingerprint density at radius 3 is 2.56 bits per heavy atom. The van der Waals surface area contributed by atoms with Crippen LogP contribution in [-0.2, 0) is 9.57 Å². The summed E-state index contributed by atoms with van der Waals surface area (Å²) in [6, 6.07) is 0. The molecule has 2 unspecified atom stereocenters. The average Bonchev–Trinajstić information content (AvgIpc) is 2.30. The lowest BCUT2D eigenvalue weighted by Crippen LogP contribution is -2.37. The van der Waals surface area contributed by atoms with Gasteiger partial charge in [-0.05, 0) is 18.3 Å². The molecular weight excluding hydrogens is 210 g/mol. The second kappa shape index (κ2) is 5.48. The van der Waals surface area contributed by atoms with Crippen molar-refractivity contribution >= 4 is 0 Å². The van der Waals surface area contributed by atoms with Crippen molar-refractivity contribution in [1.82, 2.24) is 0 Å². The largest absolute Gasteiger partial charge is 0.379 e. The van der Waals surface area contributed by atoms with E-state index in [0.717, 1.165) is 13.0 Å². The van der Waals surface area contributed by atoms with Crippen LogP contribution in [0.25, 0.3) is 0 Å². The van der Waals surface area contributed by atoms with E-state index in [0.29, 0.717) is 18.4 Å². The molecule has 2 rings (SSSR count). The van der Waals surface area contributed by atoms with E-state index in [2.05, 4.69) is 4.84 Å². The third-order valence-corrected chi connectivity index (χ3v) is 3.75. The van der Waals surface area contributed by atoms with Crippen LogP contribution in [0.5, 0.6) is 0 Å². The lowest BCUT2D eigenvalue weighted by Gasteiger charge is -2.35. The van der Waals surface area contributed by atoms with Crippen LogP contribution in [-0.4, -0.2) is 24.4 Å². The zero-order chi connectivity index (χ0) is 11.4. The molecule has 0 bridgehead atoms. The van der Waals surface area contributed by atoms with Crippen molar-refractivity contribution in [3.63, 3.8) is 0 Å². The topological polar surface area (TPSA) is 61.6 Å². The SMILES string of the molecule is O=[N+]([O-])OC1COCC(C2CCCCC2)C1. The van der Waals surface area contributed by atoms with E-state index in [-0.39, 0.29) is 6.10 Å². The number of hydrogen-bond donors (Lipinski definition) is 0. The van der Waals surface area contributed by atoms with Crippen molar-refractivity contribution in [2.75, 3.05) is 13.2 Å². The Morgan fingerprint density at radius 1 is 1.12 bits per heavy atom. The van der Waals surface area contributed by atoms with Gasteiger partial charge in [-0.1, -0.05) is 32.1 Å². The van der Waals surface area contributed by atoms with Gasteiger partial charge in [0, 0.05) is 6.61 Å². The smallest absolute Gasteiger partial charge is 0.294 e. The van der Waals surface area contributed by atoms with E-state index in [1.165, 1.54) is 32.1 Å². The highest BCUT2D eigenvalue weighted by Crippen LogP contribution is 2.34. The van der Waals surface area contributed by atoms with Crippen LogP contribution in [0.3, 0.4) is 0 Å². The number of ether oxygens (including phenoxy) is 1. The summed E-state index contributed by atoms with van der Waals surface area (Å²) < 4.78 is 5.42. The van der Waals surface area contributed by atoms with Gasteiger partial charge < -0.3 is 9.57 Å². The maximum absolute atomic E-state index is 10.3. The third kappa shape index (κ3) is 3.07. The molecule has 1 aliphatic carbocycles. The molecule has 0 aromatic rings. The monoisotopic (exact) mass is 229 g/mol. The van der Waals surface area contributed by atoms with Crippen LogP contribution in [0.2, 0.25) is 0 Å². The predicted octanol–water partition coefficient (Wildman–Crippen LogP) is 2.18. The van der Waals surface area contributed by atoms with Crippen LogP contribution in [0.1, 0.15) is 38.5 Å². The van der Waals surface area contributed by atoms with E-state index < -0.39 is 5.09 Å². The summed E-state index contributed by atoms with van der Waals surface area (Å²) in [6.45, 7) is 1.12. The molecule has 0 aromatic heterocycles. The van der Waals surface area contributed by atoms with Gasteiger partial charge in [0.15, 0.2) is 0 Å². The summed E-state index contributed by atoms with van der Waals surface area (Å²) in [7, 11) is 0. The molecule has 0 amide bonds. The Hall–Kier alpha value is -0.840. The molecule has 0 N–H and O–H groups in total. The van der Waals surface area contributed by atoms with Crippen LogP contribution in [0, 0.1) is 22.0 Å². The fraction of sp³-hybridized carbons (Fsp3) is 1.00. The molecule has 1 saturated heterocycles. The Balaban J connectivity index is 1.83. The zero-order valence-electron chi connectivity index (χ0n) is 9.47. The first-order chi connectivity index (χ1) is 7.75. The van der Waals surface area contributed by atoms with Crippen LogP contribution < -0.4 is 0 Å². The van der Waals surface area contributed by atoms with Crippen LogP contribution >= 0.6 is 0 Å². The fourth-order valence-electron chi connectivity index (χ4n) is 2.95. The highest BCUT2D eigenvalue weighted by molar-refractivity contribution is 4.79. The fourth-order valence-corrected chi connectivity index (χ4v) is 2.95. The summed E-state index contributed by atoms with van der Waals surface area (Å²) in [5, 5.41) is 9.58. The molecule has 0 aromatic carbocycles. The summed E-state index contributed by atoms with van der Waals surface area (Å²) >= 11 is 0. The minimum atomic E-state index is -0.697. The Morgan fingerprint density at radius 2 is 1.88 bits per heavy atom. The first kappa shape index (κ1) is 11.6. The van der Waals surface area contributed by atoms with Crippen LogP contribution in [0.15, 0.2) is 0 Å². The lowest BCUT2D eigenvalue weighted by molar-refractivity contribution is -0.770. The lowest BCUT2D eigenvalue weighted by atomic mass is 9.77. The van der Waals surface area contributed by atoms with Crippen molar-refractivity contribution in [1.29, 1.82) is 0 Å². The summed E-state index contributed by atoms with van der Waals surface area (Å²) in [5.41, 5.74) is 0. The second-order valence-corrected chi connectivity index (χ2v) is 4.88. The standard InChI is InChI=1S/C11H19NO4/c13-12(14)16-11-6-10(7-15-8-11)9-4-2-1-3-5-9/h9-11H,1-8H2. The molecule has 0 spiro atoms. The molecule has 1 heterocycles. The Labute approximate surface area is 95.2 Å². The maximum Gasteiger partial charge on any atom is 0.294 e. The van der Waals surface area contributed by atoms with E-state index in [9.17, 15) is 10.1 Å². The highest BCUT2D eigenvalue weighted by Gasteiger charge is 2.31. The number of hydrogen-bond acceptors (Lipinski definition) is 4. The molecular formula is C11H19NO4. The molecule has 16 heavy (non-hydrogen) atoms. The van der Waals surface area contributed by atoms with Gasteiger partial charge >= 0.3 is 0 Å². The molecule has 5 heteroatoms. The summed E-state index contributed by atoms with van der Waals surface area (Å²) in [6.07, 6.45) is 6.85. The van der Waals surface area contributed by atoms with Gasteiger partial charge in [-0.25, -0.2) is 0 Å². The van der Waals surface area contributed by atoms with Crippen molar-refractivity contribution in [2.45, 2.75) is 44.6 Å². The molecule has 2 atom stereocenters. The van der Waals surface area contributed by atoms with Gasteiger partial charge in [-0.15, -0.1) is 10.1 Å². The average molecular weight is 229 g/mol. The zero-order valence-corrected chi connectivity index (χ0v) is 9.47. The molecule has 2 aliphatic rings. The Bertz CT molecular complexity index is 240. The first-order valence-corrected chi connectivity index (χ1v) is 6.14. The van der Waals surface area contributed by atoms with Crippen molar-refractivity contribution in [3.05, 3.63) is 10.1 Å². The van der Waals surface area contributed by atoms with E-state index in [1.54, 1.807) is 0 Å². The maximum atomic E-state index is 10.3. The van der Waals surface area contributed by atoms with Gasteiger partial charge in [-0.2, -0.15) is 0 Å². The van der Waals surface area contributed by atoms with Gasteiger partial charge in [0.25, 0.3) is 5.09 Å². The summed E-state index contributed by atoms with van der Waals surface area (Å²) in [4.78, 5) is 14.9. The molecule has 2 fully saturated rings. The van der Waals surface area contributed by atoms with E-state index in [1.807, 2.05) is 0 Å². The first-order valence-electron chi connectivity index (χ1n) is 6.14. The van der Waals surface area contributed by atoms with Gasteiger partial charge in [0.05, 0.1) is 6.61 Å². The minimum Gasteiger partial charge on any atom is -0.379 e. The molecule has 5 nitrogen and oxygen atoms in total. The van der Waals surface area contributed by atoms with Gasteiger partial charge in [0.2, 0.25) is 0 Å². The number of nitrogens with zero attached hydrogens (tertiary/aromatic N) is 1. The van der Waals surface area contributed by atoms with Gasteiger partial charge in [-0.3, -0.25) is 0 Å². The van der Waals surface area contributed by atoms with Crippen molar-refractivity contribution < 1.29 is 14.7 Å². The highest BCUT2D eigenvalue weighted by atomic mass is 17.0. The predicted molar refractivity (Wildman–Crippen MR) is 57.4 cm³/mol. The minimum absolute atomic E-state index is 0.351.